The molecule has 0 aromatic heterocycles. The number of rotatable bonds is 8. The fourth-order valence-electron chi connectivity index (χ4n) is 1.96. The van der Waals surface area contributed by atoms with Crippen molar-refractivity contribution in [1.82, 2.24) is 10.2 Å². The monoisotopic (exact) mass is 291 g/mol. The number of hydrogen-bond acceptors (Lipinski definition) is 3. The van der Waals surface area contributed by atoms with E-state index in [1.54, 1.807) is 0 Å². The molecule has 1 rings (SSSR count). The summed E-state index contributed by atoms with van der Waals surface area (Å²) in [6.45, 7) is 7.79. The molecule has 0 aliphatic rings. The molecule has 0 saturated carbocycles. The van der Waals surface area contributed by atoms with Crippen LogP contribution in [0.15, 0.2) is 24.3 Å². The van der Waals surface area contributed by atoms with Gasteiger partial charge in [-0.1, -0.05) is 24.3 Å². The first-order valence-electron chi connectivity index (χ1n) is 7.68. The lowest BCUT2D eigenvalue weighted by molar-refractivity contribution is -0.121. The van der Waals surface area contributed by atoms with Crippen molar-refractivity contribution in [3.63, 3.8) is 0 Å². The summed E-state index contributed by atoms with van der Waals surface area (Å²) >= 11 is 0. The minimum Gasteiger partial charge on any atom is -0.352 e. The molecular formula is C17H29N3O. The van der Waals surface area contributed by atoms with Crippen LogP contribution in [0.2, 0.25) is 0 Å². The second-order valence-electron chi connectivity index (χ2n) is 6.12. The Balaban J connectivity index is 2.47. The molecule has 0 aliphatic heterocycles. The van der Waals surface area contributed by atoms with Gasteiger partial charge in [-0.05, 0) is 45.4 Å². The highest BCUT2D eigenvalue weighted by Crippen LogP contribution is 2.09. The van der Waals surface area contributed by atoms with Crippen LogP contribution in [0.5, 0.6) is 0 Å². The Hall–Kier alpha value is -1.39. The Labute approximate surface area is 128 Å². The van der Waals surface area contributed by atoms with Crippen molar-refractivity contribution in [3.05, 3.63) is 35.4 Å². The van der Waals surface area contributed by atoms with Crippen molar-refractivity contribution in [2.45, 2.75) is 58.8 Å². The van der Waals surface area contributed by atoms with Gasteiger partial charge in [-0.25, -0.2) is 0 Å². The van der Waals surface area contributed by atoms with E-state index in [-0.39, 0.29) is 11.9 Å². The van der Waals surface area contributed by atoms with E-state index in [0.29, 0.717) is 19.0 Å². The van der Waals surface area contributed by atoms with Crippen molar-refractivity contribution >= 4 is 5.91 Å². The van der Waals surface area contributed by atoms with Crippen LogP contribution in [0.3, 0.4) is 0 Å². The molecule has 0 radical (unpaired) electrons. The molecule has 3 N–H and O–H groups in total. The van der Waals surface area contributed by atoms with Crippen molar-refractivity contribution in [2.75, 3.05) is 7.05 Å². The van der Waals surface area contributed by atoms with Gasteiger partial charge in [-0.15, -0.1) is 0 Å². The highest BCUT2D eigenvalue weighted by molar-refractivity contribution is 5.75. The quantitative estimate of drug-likeness (QED) is 0.772. The topological polar surface area (TPSA) is 58.4 Å². The summed E-state index contributed by atoms with van der Waals surface area (Å²) in [7, 11) is 2.12. The van der Waals surface area contributed by atoms with Gasteiger partial charge in [-0.3, -0.25) is 9.69 Å². The van der Waals surface area contributed by atoms with Crippen LogP contribution in [-0.2, 0) is 17.9 Å². The van der Waals surface area contributed by atoms with Gasteiger partial charge in [0.1, 0.15) is 0 Å². The Morgan fingerprint density at radius 3 is 2.57 bits per heavy atom. The van der Waals surface area contributed by atoms with Crippen molar-refractivity contribution in [1.29, 1.82) is 0 Å². The third-order valence-corrected chi connectivity index (χ3v) is 3.62. The van der Waals surface area contributed by atoms with Crippen molar-refractivity contribution in [3.8, 4) is 0 Å². The van der Waals surface area contributed by atoms with Crippen molar-refractivity contribution < 1.29 is 4.79 Å². The Morgan fingerprint density at radius 2 is 1.95 bits per heavy atom. The molecule has 0 fully saturated rings. The summed E-state index contributed by atoms with van der Waals surface area (Å²) in [5, 5.41) is 2.95. The zero-order chi connectivity index (χ0) is 15.8. The number of carbonyl (C=O) groups is 1. The lowest BCUT2D eigenvalue weighted by Gasteiger charge is -2.21. The lowest BCUT2D eigenvalue weighted by Crippen LogP contribution is -2.26. The van der Waals surface area contributed by atoms with Gasteiger partial charge >= 0.3 is 0 Å². The number of nitrogens with one attached hydrogen (secondary N) is 1. The smallest absolute Gasteiger partial charge is 0.220 e. The third-order valence-electron chi connectivity index (χ3n) is 3.62. The molecule has 4 nitrogen and oxygen atoms in total. The Bertz CT molecular complexity index is 443. The van der Waals surface area contributed by atoms with E-state index in [4.69, 9.17) is 5.73 Å². The predicted molar refractivity (Wildman–Crippen MR) is 87.8 cm³/mol. The summed E-state index contributed by atoms with van der Waals surface area (Å²) in [6.07, 6.45) is 1.22. The number of amides is 1. The van der Waals surface area contributed by atoms with Gasteiger partial charge < -0.3 is 11.1 Å². The normalized spacial score (nSPS) is 12.7. The molecule has 0 spiro atoms. The van der Waals surface area contributed by atoms with E-state index >= 15 is 0 Å². The van der Waals surface area contributed by atoms with E-state index in [9.17, 15) is 4.79 Å². The van der Waals surface area contributed by atoms with E-state index in [0.717, 1.165) is 18.5 Å². The summed E-state index contributed by atoms with van der Waals surface area (Å²) in [5.41, 5.74) is 8.06. The first-order valence-corrected chi connectivity index (χ1v) is 7.68. The van der Waals surface area contributed by atoms with E-state index in [1.165, 1.54) is 5.56 Å². The van der Waals surface area contributed by atoms with Gasteiger partial charge in [0.15, 0.2) is 0 Å². The van der Waals surface area contributed by atoms with Crippen LogP contribution in [0, 0.1) is 0 Å². The van der Waals surface area contributed by atoms with E-state index < -0.39 is 0 Å². The third kappa shape index (κ3) is 7.25. The van der Waals surface area contributed by atoms with Crippen LogP contribution in [-0.4, -0.2) is 29.9 Å². The molecule has 1 aromatic carbocycles. The average molecular weight is 291 g/mol. The van der Waals surface area contributed by atoms with Crippen LogP contribution >= 0.6 is 0 Å². The maximum absolute atomic E-state index is 11.7. The standard InChI is InChI=1S/C17H29N3O/c1-13(2)20(4)12-16-7-5-6-15(10-16)11-19-17(21)9-8-14(3)18/h5-7,10,13-14H,8-9,11-12,18H2,1-4H3,(H,19,21). The molecule has 118 valence electrons. The number of nitrogens with zero attached hydrogens (tertiary/aromatic N) is 1. The summed E-state index contributed by atoms with van der Waals surface area (Å²) < 4.78 is 0. The predicted octanol–water partition coefficient (Wildman–Crippen LogP) is 2.27. The van der Waals surface area contributed by atoms with Crippen LogP contribution in [0.4, 0.5) is 0 Å². The largest absolute Gasteiger partial charge is 0.352 e. The maximum atomic E-state index is 11.7. The minimum atomic E-state index is 0.0667. The second-order valence-corrected chi connectivity index (χ2v) is 6.12. The average Bonchev–Trinajstić information content (AvgIpc) is 2.43. The molecule has 1 atom stereocenters. The first-order chi connectivity index (χ1) is 9.88. The highest BCUT2D eigenvalue weighted by Gasteiger charge is 2.06. The zero-order valence-electron chi connectivity index (χ0n) is 13.7. The lowest BCUT2D eigenvalue weighted by atomic mass is 10.1. The molecule has 0 saturated heterocycles. The van der Waals surface area contributed by atoms with Crippen LogP contribution in [0.1, 0.15) is 44.7 Å². The van der Waals surface area contributed by atoms with Crippen LogP contribution < -0.4 is 11.1 Å². The molecule has 0 aliphatic carbocycles. The highest BCUT2D eigenvalue weighted by atomic mass is 16.1. The van der Waals surface area contributed by atoms with Gasteiger partial charge in [0.2, 0.25) is 5.91 Å². The number of carbonyl (C=O) groups excluding carboxylic acids is 1. The summed E-state index contributed by atoms with van der Waals surface area (Å²) in [4.78, 5) is 14.0. The Morgan fingerprint density at radius 1 is 1.29 bits per heavy atom. The van der Waals surface area contributed by atoms with E-state index in [2.05, 4.69) is 43.2 Å². The Kier molecular flexibility index (Phi) is 7.40. The number of hydrogen-bond donors (Lipinski definition) is 2. The van der Waals surface area contributed by atoms with Gasteiger partial charge in [0, 0.05) is 31.6 Å². The molecule has 1 amide bonds. The summed E-state index contributed by atoms with van der Waals surface area (Å²) in [6, 6.07) is 8.97. The fourth-order valence-corrected chi connectivity index (χ4v) is 1.96. The molecule has 1 unspecified atom stereocenters. The molecule has 4 heteroatoms. The second kappa shape index (κ2) is 8.80. The zero-order valence-corrected chi connectivity index (χ0v) is 13.7. The number of benzene rings is 1. The minimum absolute atomic E-state index is 0.0667. The van der Waals surface area contributed by atoms with Gasteiger partial charge in [-0.2, -0.15) is 0 Å². The molecular weight excluding hydrogens is 262 g/mol. The maximum Gasteiger partial charge on any atom is 0.220 e. The molecule has 21 heavy (non-hydrogen) atoms. The van der Waals surface area contributed by atoms with Crippen molar-refractivity contribution in [2.24, 2.45) is 5.73 Å². The first kappa shape index (κ1) is 17.7. The molecule has 0 bridgehead atoms. The van der Waals surface area contributed by atoms with Gasteiger partial charge in [0.25, 0.3) is 0 Å². The van der Waals surface area contributed by atoms with Gasteiger partial charge in [0.05, 0.1) is 0 Å². The summed E-state index contributed by atoms with van der Waals surface area (Å²) in [5.74, 6) is 0.0667. The van der Waals surface area contributed by atoms with Crippen LogP contribution in [0.25, 0.3) is 0 Å². The number of nitrogens with two attached hydrogens (primary N) is 1. The molecule has 0 heterocycles. The van der Waals surface area contributed by atoms with E-state index in [1.807, 2.05) is 19.1 Å². The SMILES string of the molecule is CC(N)CCC(=O)NCc1cccc(CN(C)C(C)C)c1. The molecule has 1 aromatic rings. The fraction of sp³-hybridized carbons (Fsp3) is 0.588.